The summed E-state index contributed by atoms with van der Waals surface area (Å²) in [7, 11) is 0.179. The fourth-order valence-corrected chi connectivity index (χ4v) is 1.12. The minimum Gasteiger partial charge on any atom is -0.450 e. The second kappa shape index (κ2) is 3.49. The van der Waals surface area contributed by atoms with Crippen LogP contribution in [0.5, 0.6) is 0 Å². The molecule has 0 bridgehead atoms. The lowest BCUT2D eigenvalue weighted by Gasteiger charge is -2.02. The van der Waals surface area contributed by atoms with Gasteiger partial charge in [0.1, 0.15) is 5.82 Å². The van der Waals surface area contributed by atoms with Crippen molar-refractivity contribution >= 4 is 28.9 Å². The topological polar surface area (TPSA) is 20.2 Å². The fraction of sp³-hybridized carbons (Fsp3) is 0. The minimum absolute atomic E-state index is 0.179. The Morgan fingerprint density at radius 3 is 2.33 bits per heavy atom. The molecule has 1 aromatic carbocycles. The third kappa shape index (κ3) is 1.49. The van der Waals surface area contributed by atoms with Crippen LogP contribution >= 0.6 is 15.9 Å². The van der Waals surface area contributed by atoms with Crippen LogP contribution in [-0.2, 0) is 0 Å². The fourth-order valence-electron chi connectivity index (χ4n) is 0.705. The number of hydrogen-bond acceptors (Lipinski definition) is 1. The van der Waals surface area contributed by atoms with Crippen molar-refractivity contribution in [1.82, 2.24) is 0 Å². The normalized spacial score (nSPS) is 10.1. The molecule has 0 aliphatic heterocycles. The molecule has 6 heteroatoms. The molecule has 0 amide bonds. The van der Waals surface area contributed by atoms with Gasteiger partial charge in [-0.2, -0.15) is 0 Å². The number of benzene rings is 1. The van der Waals surface area contributed by atoms with E-state index in [1.807, 2.05) is 0 Å². The molecule has 0 saturated carbocycles. The highest BCUT2D eigenvalue weighted by atomic mass is 79.9. The first kappa shape index (κ1) is 9.60. The highest BCUT2D eigenvalue weighted by molar-refractivity contribution is 9.10. The van der Waals surface area contributed by atoms with Crippen molar-refractivity contribution in [2.24, 2.45) is 0 Å². The monoisotopic (exact) mass is 237 g/mol. The standard InChI is InChI=1S/C6H2BBrF3O/c8-2-1-3(9)6(11)4(7-12)5(2)10/h1,12H. The summed E-state index contributed by atoms with van der Waals surface area (Å²) in [4.78, 5) is 0. The molecule has 1 nitrogen and oxygen atoms in total. The predicted octanol–water partition coefficient (Wildman–Crippen LogP) is 1.10. The lowest BCUT2D eigenvalue weighted by atomic mass is 9.87. The summed E-state index contributed by atoms with van der Waals surface area (Å²) in [5.74, 6) is -3.65. The second-order valence-corrected chi connectivity index (χ2v) is 2.87. The van der Waals surface area contributed by atoms with Crippen LogP contribution in [0.2, 0.25) is 0 Å². The molecular weight excluding hydrogens is 236 g/mol. The van der Waals surface area contributed by atoms with Crippen molar-refractivity contribution in [2.75, 3.05) is 0 Å². The van der Waals surface area contributed by atoms with Crippen molar-refractivity contribution in [3.8, 4) is 0 Å². The number of hydrogen-bond donors (Lipinski definition) is 1. The minimum atomic E-state index is -1.40. The van der Waals surface area contributed by atoms with E-state index < -0.39 is 22.9 Å². The SMILES string of the molecule is O[B]c1c(F)c(F)cc(Br)c1F. The van der Waals surface area contributed by atoms with E-state index >= 15 is 0 Å². The molecule has 1 rings (SSSR count). The van der Waals surface area contributed by atoms with Gasteiger partial charge in [-0.3, -0.25) is 0 Å². The molecule has 0 aromatic heterocycles. The Morgan fingerprint density at radius 1 is 1.25 bits per heavy atom. The molecule has 0 saturated heterocycles. The Kier molecular flexibility index (Phi) is 2.79. The van der Waals surface area contributed by atoms with Gasteiger partial charge < -0.3 is 5.02 Å². The molecule has 0 heterocycles. The van der Waals surface area contributed by atoms with E-state index in [1.165, 1.54) is 0 Å². The zero-order chi connectivity index (χ0) is 9.30. The summed E-state index contributed by atoms with van der Waals surface area (Å²) in [5.41, 5.74) is -0.790. The third-order valence-corrected chi connectivity index (χ3v) is 1.85. The van der Waals surface area contributed by atoms with Crippen LogP contribution < -0.4 is 5.46 Å². The molecule has 1 aromatic rings. The molecule has 12 heavy (non-hydrogen) atoms. The first-order chi connectivity index (χ1) is 5.57. The third-order valence-electron chi connectivity index (χ3n) is 1.27. The average molecular weight is 238 g/mol. The van der Waals surface area contributed by atoms with E-state index in [-0.39, 0.29) is 12.0 Å². The van der Waals surface area contributed by atoms with Gasteiger partial charge in [0.05, 0.1) is 4.47 Å². The van der Waals surface area contributed by atoms with E-state index in [9.17, 15) is 13.2 Å². The first-order valence-corrected chi connectivity index (χ1v) is 3.67. The van der Waals surface area contributed by atoms with Crippen molar-refractivity contribution in [1.29, 1.82) is 0 Å². The zero-order valence-corrected chi connectivity index (χ0v) is 7.20. The van der Waals surface area contributed by atoms with Crippen LogP contribution in [0.25, 0.3) is 0 Å². The van der Waals surface area contributed by atoms with E-state index in [1.54, 1.807) is 0 Å². The largest absolute Gasteiger partial charge is 0.450 e. The summed E-state index contributed by atoms with van der Waals surface area (Å²) >= 11 is 2.66. The lowest BCUT2D eigenvalue weighted by molar-refractivity contribution is 0.497. The Balaban J connectivity index is 3.42. The Bertz CT molecular complexity index is 292. The van der Waals surface area contributed by atoms with Crippen LogP contribution in [0.15, 0.2) is 10.5 Å². The molecule has 63 valence electrons. The molecule has 0 aliphatic rings. The highest BCUT2D eigenvalue weighted by Crippen LogP contribution is 2.16. The van der Waals surface area contributed by atoms with Crippen LogP contribution in [0.3, 0.4) is 0 Å². The zero-order valence-electron chi connectivity index (χ0n) is 5.61. The van der Waals surface area contributed by atoms with Gasteiger partial charge >= 0.3 is 7.48 Å². The summed E-state index contributed by atoms with van der Waals surface area (Å²) < 4.78 is 37.7. The molecule has 0 atom stereocenters. The molecule has 0 spiro atoms. The maximum Gasteiger partial charge on any atom is 0.333 e. The summed E-state index contributed by atoms with van der Waals surface area (Å²) in [6, 6.07) is 0.650. The molecular formula is C6H2BBrF3O. The molecule has 1 N–H and O–H groups in total. The number of halogens is 4. The molecule has 1 radical (unpaired) electrons. The summed E-state index contributed by atoms with van der Waals surface area (Å²) in [6.07, 6.45) is 0. The van der Waals surface area contributed by atoms with Gasteiger partial charge in [-0.05, 0) is 22.0 Å². The quantitative estimate of drug-likeness (QED) is 0.573. The molecule has 0 aliphatic carbocycles. The van der Waals surface area contributed by atoms with Crippen molar-refractivity contribution in [2.45, 2.75) is 0 Å². The molecule has 0 fully saturated rings. The maximum absolute atomic E-state index is 12.8. The Hall–Kier alpha value is -0.485. The maximum atomic E-state index is 12.8. The summed E-state index contributed by atoms with van der Waals surface area (Å²) in [6.45, 7) is 0. The van der Waals surface area contributed by atoms with Gasteiger partial charge in [-0.25, -0.2) is 13.2 Å². The van der Waals surface area contributed by atoms with Gasteiger partial charge in [0.25, 0.3) is 0 Å². The van der Waals surface area contributed by atoms with E-state index in [0.29, 0.717) is 6.07 Å². The smallest absolute Gasteiger partial charge is 0.333 e. The van der Waals surface area contributed by atoms with Crippen LogP contribution in [-0.4, -0.2) is 12.5 Å². The van der Waals surface area contributed by atoms with E-state index in [4.69, 9.17) is 5.02 Å². The first-order valence-electron chi connectivity index (χ1n) is 2.88. The van der Waals surface area contributed by atoms with Crippen molar-refractivity contribution in [3.05, 3.63) is 28.0 Å². The van der Waals surface area contributed by atoms with E-state index in [2.05, 4.69) is 15.9 Å². The van der Waals surface area contributed by atoms with Crippen molar-refractivity contribution in [3.63, 3.8) is 0 Å². The summed E-state index contributed by atoms with van der Waals surface area (Å²) in [5, 5.41) is 8.36. The Morgan fingerprint density at radius 2 is 1.83 bits per heavy atom. The second-order valence-electron chi connectivity index (χ2n) is 2.01. The molecule has 0 unspecified atom stereocenters. The highest BCUT2D eigenvalue weighted by Gasteiger charge is 2.17. The number of rotatable bonds is 1. The van der Waals surface area contributed by atoms with Gasteiger partial charge in [-0.1, -0.05) is 0 Å². The van der Waals surface area contributed by atoms with Crippen LogP contribution in [0.4, 0.5) is 13.2 Å². The van der Waals surface area contributed by atoms with Gasteiger partial charge in [0.15, 0.2) is 11.6 Å². The van der Waals surface area contributed by atoms with Crippen LogP contribution in [0, 0.1) is 17.5 Å². The van der Waals surface area contributed by atoms with E-state index in [0.717, 1.165) is 0 Å². The average Bonchev–Trinajstić information content (AvgIpc) is 2.02. The predicted molar refractivity (Wildman–Crippen MR) is 41.6 cm³/mol. The van der Waals surface area contributed by atoms with Gasteiger partial charge in [0.2, 0.25) is 0 Å². The van der Waals surface area contributed by atoms with Gasteiger partial charge in [-0.15, -0.1) is 0 Å². The van der Waals surface area contributed by atoms with Crippen molar-refractivity contribution < 1.29 is 18.2 Å². The van der Waals surface area contributed by atoms with Crippen LogP contribution in [0.1, 0.15) is 0 Å². The Labute approximate surface area is 75.6 Å². The lowest BCUT2D eigenvalue weighted by Crippen LogP contribution is -2.24. The van der Waals surface area contributed by atoms with Gasteiger partial charge in [0, 0.05) is 5.46 Å².